The van der Waals surface area contributed by atoms with Crippen molar-refractivity contribution < 1.29 is 28.5 Å². The molecule has 1 aliphatic heterocycles. The zero-order valence-electron chi connectivity index (χ0n) is 19.7. The molecule has 0 aliphatic carbocycles. The monoisotopic (exact) mass is 493 g/mol. The molecule has 4 aromatic rings. The van der Waals surface area contributed by atoms with E-state index in [1.807, 2.05) is 35.0 Å². The summed E-state index contributed by atoms with van der Waals surface area (Å²) in [7, 11) is 3.11. The molecule has 2 aromatic carbocycles. The van der Waals surface area contributed by atoms with Crippen LogP contribution in [0.4, 0.5) is 4.39 Å². The third-order valence-corrected chi connectivity index (χ3v) is 6.05. The minimum Gasteiger partial charge on any atom is -0.493 e. The first-order valence-corrected chi connectivity index (χ1v) is 11.3. The van der Waals surface area contributed by atoms with Gasteiger partial charge < -0.3 is 23.9 Å². The van der Waals surface area contributed by atoms with Crippen LogP contribution in [0.2, 0.25) is 0 Å². The van der Waals surface area contributed by atoms with Crippen LogP contribution in [0, 0.1) is 5.82 Å². The SMILES string of the molecule is COc1cccc(C2OC(CCn3nnc(CC(=O)O)n3)c3cccn3-c3ccc(F)cc32)c1OC. The molecule has 0 amide bonds. The van der Waals surface area contributed by atoms with Crippen LogP contribution in [0.25, 0.3) is 5.69 Å². The molecule has 2 unspecified atom stereocenters. The van der Waals surface area contributed by atoms with Crippen molar-refractivity contribution in [1.29, 1.82) is 0 Å². The first-order valence-electron chi connectivity index (χ1n) is 11.3. The van der Waals surface area contributed by atoms with Crippen LogP contribution in [0.1, 0.15) is 41.3 Å². The number of hydrogen-bond donors (Lipinski definition) is 1. The lowest BCUT2D eigenvalue weighted by Gasteiger charge is -2.25. The maximum absolute atomic E-state index is 14.5. The molecule has 10 nitrogen and oxygen atoms in total. The number of carboxylic acids is 1. The van der Waals surface area contributed by atoms with E-state index in [2.05, 4.69) is 15.4 Å². The van der Waals surface area contributed by atoms with Crippen molar-refractivity contribution in [3.63, 3.8) is 0 Å². The number of aromatic nitrogens is 5. The van der Waals surface area contributed by atoms with E-state index in [9.17, 15) is 9.18 Å². The Kier molecular flexibility index (Phi) is 6.38. The van der Waals surface area contributed by atoms with E-state index in [1.54, 1.807) is 26.4 Å². The van der Waals surface area contributed by atoms with Gasteiger partial charge in [-0.05, 0) is 41.6 Å². The summed E-state index contributed by atoms with van der Waals surface area (Å²) >= 11 is 0. The van der Waals surface area contributed by atoms with Crippen LogP contribution in [-0.2, 0) is 22.5 Å². The summed E-state index contributed by atoms with van der Waals surface area (Å²) in [5.74, 6) is -0.236. The van der Waals surface area contributed by atoms with Crippen molar-refractivity contribution in [3.8, 4) is 17.2 Å². The number of halogens is 1. The molecule has 2 aromatic heterocycles. The summed E-state index contributed by atoms with van der Waals surface area (Å²) < 4.78 is 34.4. The second-order valence-corrected chi connectivity index (χ2v) is 8.25. The third kappa shape index (κ3) is 4.40. The van der Waals surface area contributed by atoms with E-state index >= 15 is 0 Å². The normalized spacial score (nSPS) is 16.6. The zero-order chi connectivity index (χ0) is 25.2. The number of tetrazole rings is 1. The number of aliphatic carboxylic acids is 1. The highest BCUT2D eigenvalue weighted by Gasteiger charge is 2.33. The lowest BCUT2D eigenvalue weighted by atomic mass is 9.98. The Bertz CT molecular complexity index is 1400. The fourth-order valence-corrected chi connectivity index (χ4v) is 4.52. The van der Waals surface area contributed by atoms with Gasteiger partial charge in [0.05, 0.1) is 32.1 Å². The maximum Gasteiger partial charge on any atom is 0.311 e. The molecule has 0 fully saturated rings. The number of ether oxygens (including phenoxy) is 3. The standard InChI is InChI=1S/C25H24FN5O5/c1-34-21-7-3-5-16(25(21)35-2)24-17-13-15(26)8-9-18(17)30-11-4-6-19(30)20(36-24)10-12-31-28-22(27-29-31)14-23(32)33/h3-9,11,13,20,24H,10,12,14H2,1-2H3,(H,32,33). The van der Waals surface area contributed by atoms with Crippen LogP contribution in [0.5, 0.6) is 11.5 Å². The first kappa shape index (κ1) is 23.5. The topological polar surface area (TPSA) is 114 Å². The maximum atomic E-state index is 14.5. The fraction of sp³-hybridized carbons (Fsp3) is 0.280. The Labute approximate surface area is 205 Å². The molecule has 0 saturated carbocycles. The number of fused-ring (bicyclic) bond motifs is 3. The molecule has 0 bridgehead atoms. The van der Waals surface area contributed by atoms with Gasteiger partial charge in [-0.3, -0.25) is 4.79 Å². The van der Waals surface area contributed by atoms with Crippen LogP contribution in [-0.4, -0.2) is 50.1 Å². The molecule has 2 atom stereocenters. The van der Waals surface area contributed by atoms with E-state index in [4.69, 9.17) is 19.3 Å². The van der Waals surface area contributed by atoms with Crippen molar-refractivity contribution in [2.45, 2.75) is 31.6 Å². The number of aryl methyl sites for hydroxylation is 1. The van der Waals surface area contributed by atoms with E-state index in [0.29, 0.717) is 35.6 Å². The summed E-state index contributed by atoms with van der Waals surface area (Å²) in [5.41, 5.74) is 3.00. The Morgan fingerprint density at radius 1 is 1.14 bits per heavy atom. The average molecular weight is 493 g/mol. The smallest absolute Gasteiger partial charge is 0.311 e. The average Bonchev–Trinajstić information content (AvgIpc) is 3.51. The molecular formula is C25H24FN5O5. The third-order valence-electron chi connectivity index (χ3n) is 6.05. The molecule has 0 spiro atoms. The molecule has 0 saturated heterocycles. The van der Waals surface area contributed by atoms with Gasteiger partial charge >= 0.3 is 5.97 Å². The van der Waals surface area contributed by atoms with E-state index in [1.165, 1.54) is 16.9 Å². The van der Waals surface area contributed by atoms with Gasteiger partial charge in [0.2, 0.25) is 0 Å². The highest BCUT2D eigenvalue weighted by molar-refractivity contribution is 5.68. The van der Waals surface area contributed by atoms with Crippen molar-refractivity contribution in [2.24, 2.45) is 0 Å². The summed E-state index contributed by atoms with van der Waals surface area (Å²) in [6.45, 7) is 0.329. The predicted octanol–water partition coefficient (Wildman–Crippen LogP) is 3.50. The van der Waals surface area contributed by atoms with Crippen molar-refractivity contribution >= 4 is 5.97 Å². The number of nitrogens with zero attached hydrogens (tertiary/aromatic N) is 5. The molecule has 11 heteroatoms. The van der Waals surface area contributed by atoms with Gasteiger partial charge in [-0.1, -0.05) is 12.1 Å². The first-order chi connectivity index (χ1) is 17.5. The second-order valence-electron chi connectivity index (χ2n) is 8.25. The van der Waals surface area contributed by atoms with Gasteiger partial charge in [-0.2, -0.15) is 4.80 Å². The Hall–Kier alpha value is -4.25. The van der Waals surface area contributed by atoms with Gasteiger partial charge in [0.25, 0.3) is 0 Å². The Morgan fingerprint density at radius 2 is 2.00 bits per heavy atom. The van der Waals surface area contributed by atoms with Gasteiger partial charge in [-0.15, -0.1) is 10.2 Å². The predicted molar refractivity (Wildman–Crippen MR) is 125 cm³/mol. The lowest BCUT2D eigenvalue weighted by Crippen LogP contribution is -2.15. The highest BCUT2D eigenvalue weighted by Crippen LogP contribution is 2.46. The van der Waals surface area contributed by atoms with Crippen LogP contribution >= 0.6 is 0 Å². The van der Waals surface area contributed by atoms with Gasteiger partial charge in [0.1, 0.15) is 24.4 Å². The van der Waals surface area contributed by atoms with Crippen LogP contribution in [0.15, 0.2) is 54.7 Å². The summed E-state index contributed by atoms with van der Waals surface area (Å²) in [5, 5.41) is 20.9. The quantitative estimate of drug-likeness (QED) is 0.397. The van der Waals surface area contributed by atoms with Gasteiger partial charge in [0.15, 0.2) is 17.3 Å². The number of hydrogen-bond acceptors (Lipinski definition) is 7. The Balaban J connectivity index is 1.55. The highest BCUT2D eigenvalue weighted by atomic mass is 19.1. The van der Waals surface area contributed by atoms with Crippen LogP contribution < -0.4 is 9.47 Å². The number of benzene rings is 2. The van der Waals surface area contributed by atoms with Crippen molar-refractivity contribution in [3.05, 3.63) is 83.2 Å². The van der Waals surface area contributed by atoms with E-state index in [-0.39, 0.29) is 18.1 Å². The number of carbonyl (C=O) groups is 1. The van der Waals surface area contributed by atoms with Gasteiger partial charge in [-0.25, -0.2) is 4.39 Å². The molecule has 1 aliphatic rings. The molecule has 5 rings (SSSR count). The number of rotatable bonds is 8. The molecular weight excluding hydrogens is 469 g/mol. The fourth-order valence-electron chi connectivity index (χ4n) is 4.52. The van der Waals surface area contributed by atoms with Crippen molar-refractivity contribution in [2.75, 3.05) is 14.2 Å². The molecule has 3 heterocycles. The zero-order valence-corrected chi connectivity index (χ0v) is 19.7. The molecule has 186 valence electrons. The number of para-hydroxylation sites is 1. The molecule has 36 heavy (non-hydrogen) atoms. The largest absolute Gasteiger partial charge is 0.493 e. The summed E-state index contributed by atoms with van der Waals surface area (Å²) in [6, 6.07) is 14.0. The molecule has 0 radical (unpaired) electrons. The van der Waals surface area contributed by atoms with Crippen molar-refractivity contribution in [1.82, 2.24) is 24.8 Å². The van der Waals surface area contributed by atoms with Crippen LogP contribution in [0.3, 0.4) is 0 Å². The lowest BCUT2D eigenvalue weighted by molar-refractivity contribution is -0.136. The molecule has 1 N–H and O–H groups in total. The van der Waals surface area contributed by atoms with E-state index < -0.39 is 18.2 Å². The Morgan fingerprint density at radius 3 is 2.78 bits per heavy atom. The van der Waals surface area contributed by atoms with Gasteiger partial charge in [0, 0.05) is 23.7 Å². The minimum absolute atomic E-state index is 0.134. The summed E-state index contributed by atoms with van der Waals surface area (Å²) in [6.07, 6.45) is 0.946. The second kappa shape index (κ2) is 9.78. The number of carboxylic acid groups (broad SMARTS) is 1. The van der Waals surface area contributed by atoms with E-state index in [0.717, 1.165) is 11.4 Å². The number of methoxy groups -OCH3 is 2. The summed E-state index contributed by atoms with van der Waals surface area (Å²) in [4.78, 5) is 12.3. The minimum atomic E-state index is -1.03.